The Morgan fingerprint density at radius 1 is 1.19 bits per heavy atom. The van der Waals surface area contributed by atoms with Crippen LogP contribution in [0.25, 0.3) is 0 Å². The van der Waals surface area contributed by atoms with Gasteiger partial charge in [0.2, 0.25) is 0 Å². The molecule has 1 heterocycles. The SMILES string of the molecule is CC(N)C(c1ccc(Br)cc1)N(C)C(C)Cc1cccs1. The lowest BCUT2D eigenvalue weighted by Gasteiger charge is -2.36. The number of rotatable bonds is 6. The van der Waals surface area contributed by atoms with Gasteiger partial charge in [-0.1, -0.05) is 34.1 Å². The average molecular weight is 367 g/mol. The third-order valence-corrected chi connectivity index (χ3v) is 5.35. The summed E-state index contributed by atoms with van der Waals surface area (Å²) >= 11 is 5.32. The molecule has 0 saturated carbocycles. The van der Waals surface area contributed by atoms with Crippen LogP contribution in [0.4, 0.5) is 0 Å². The molecule has 2 rings (SSSR count). The normalized spacial score (nSPS) is 15.9. The zero-order valence-electron chi connectivity index (χ0n) is 12.8. The van der Waals surface area contributed by atoms with Crippen molar-refractivity contribution < 1.29 is 0 Å². The Hall–Kier alpha value is -0.680. The number of halogens is 1. The van der Waals surface area contributed by atoms with Crippen LogP contribution >= 0.6 is 27.3 Å². The van der Waals surface area contributed by atoms with Crippen LogP contribution in [0.1, 0.15) is 30.3 Å². The van der Waals surface area contributed by atoms with Crippen molar-refractivity contribution >= 4 is 27.3 Å². The van der Waals surface area contributed by atoms with Crippen molar-refractivity contribution in [1.29, 1.82) is 0 Å². The Balaban J connectivity index is 2.15. The molecule has 21 heavy (non-hydrogen) atoms. The molecule has 0 bridgehead atoms. The molecule has 2 aromatic rings. The predicted molar refractivity (Wildman–Crippen MR) is 95.8 cm³/mol. The van der Waals surface area contributed by atoms with Crippen LogP contribution in [0.15, 0.2) is 46.3 Å². The van der Waals surface area contributed by atoms with Gasteiger partial charge in [0.25, 0.3) is 0 Å². The van der Waals surface area contributed by atoms with Gasteiger partial charge in [-0.2, -0.15) is 0 Å². The fraction of sp³-hybridized carbons (Fsp3) is 0.412. The maximum absolute atomic E-state index is 6.27. The van der Waals surface area contributed by atoms with Crippen LogP contribution in [0, 0.1) is 0 Å². The standard InChI is InChI=1S/C17H23BrN2S/c1-12(11-16-5-4-10-21-16)20(3)17(13(2)19)14-6-8-15(18)9-7-14/h4-10,12-13,17H,11,19H2,1-3H3. The Kier molecular flexibility index (Phi) is 5.99. The summed E-state index contributed by atoms with van der Waals surface area (Å²) in [5, 5.41) is 2.14. The molecular formula is C17H23BrN2S. The second-order valence-electron chi connectivity index (χ2n) is 5.65. The molecule has 0 aliphatic carbocycles. The van der Waals surface area contributed by atoms with Gasteiger partial charge in [-0.05, 0) is 56.5 Å². The van der Waals surface area contributed by atoms with Gasteiger partial charge in [-0.15, -0.1) is 11.3 Å². The van der Waals surface area contributed by atoms with Crippen molar-refractivity contribution in [2.75, 3.05) is 7.05 Å². The third kappa shape index (κ3) is 4.39. The first-order valence-electron chi connectivity index (χ1n) is 7.24. The average Bonchev–Trinajstić information content (AvgIpc) is 2.93. The van der Waals surface area contributed by atoms with Crippen molar-refractivity contribution in [2.45, 2.75) is 38.4 Å². The summed E-state index contributed by atoms with van der Waals surface area (Å²) in [7, 11) is 2.17. The lowest BCUT2D eigenvalue weighted by Crippen LogP contribution is -2.42. The van der Waals surface area contributed by atoms with Gasteiger partial charge in [0.1, 0.15) is 0 Å². The Bertz CT molecular complexity index is 536. The molecule has 4 heteroatoms. The molecule has 0 spiro atoms. The van der Waals surface area contributed by atoms with E-state index in [1.807, 2.05) is 11.3 Å². The number of hydrogen-bond acceptors (Lipinski definition) is 3. The maximum atomic E-state index is 6.27. The first-order chi connectivity index (χ1) is 9.99. The van der Waals surface area contributed by atoms with E-state index in [1.54, 1.807) is 0 Å². The molecule has 0 saturated heterocycles. The lowest BCUT2D eigenvalue weighted by molar-refractivity contribution is 0.164. The first kappa shape index (κ1) is 16.7. The van der Waals surface area contributed by atoms with Gasteiger partial charge in [0, 0.05) is 27.5 Å². The summed E-state index contributed by atoms with van der Waals surface area (Å²) in [6, 6.07) is 13.6. The summed E-state index contributed by atoms with van der Waals surface area (Å²) in [5.41, 5.74) is 7.54. The molecule has 0 amide bonds. The monoisotopic (exact) mass is 366 g/mol. The molecule has 0 aliphatic rings. The first-order valence-corrected chi connectivity index (χ1v) is 8.91. The summed E-state index contributed by atoms with van der Waals surface area (Å²) in [6.07, 6.45) is 1.06. The van der Waals surface area contributed by atoms with E-state index in [2.05, 4.69) is 83.5 Å². The Morgan fingerprint density at radius 3 is 2.38 bits per heavy atom. The quantitative estimate of drug-likeness (QED) is 0.817. The second kappa shape index (κ2) is 7.54. The number of nitrogens with two attached hydrogens (primary N) is 1. The van der Waals surface area contributed by atoms with E-state index < -0.39 is 0 Å². The molecule has 1 aromatic carbocycles. The largest absolute Gasteiger partial charge is 0.326 e. The number of benzene rings is 1. The minimum absolute atomic E-state index is 0.0851. The van der Waals surface area contributed by atoms with E-state index in [9.17, 15) is 0 Å². The highest BCUT2D eigenvalue weighted by Crippen LogP contribution is 2.27. The molecule has 0 radical (unpaired) electrons. The highest BCUT2D eigenvalue weighted by atomic mass is 79.9. The second-order valence-corrected chi connectivity index (χ2v) is 7.60. The van der Waals surface area contributed by atoms with Crippen molar-refractivity contribution in [3.05, 3.63) is 56.7 Å². The van der Waals surface area contributed by atoms with Gasteiger partial charge in [0.05, 0.1) is 0 Å². The van der Waals surface area contributed by atoms with Crippen molar-refractivity contribution in [1.82, 2.24) is 4.90 Å². The highest BCUT2D eigenvalue weighted by Gasteiger charge is 2.25. The van der Waals surface area contributed by atoms with E-state index in [4.69, 9.17) is 5.73 Å². The topological polar surface area (TPSA) is 29.3 Å². The number of likely N-dealkylation sites (N-methyl/N-ethyl adjacent to an activating group) is 1. The molecule has 114 valence electrons. The zero-order chi connectivity index (χ0) is 15.4. The maximum Gasteiger partial charge on any atom is 0.0496 e. The fourth-order valence-electron chi connectivity index (χ4n) is 2.71. The Morgan fingerprint density at radius 2 is 1.86 bits per heavy atom. The minimum Gasteiger partial charge on any atom is -0.326 e. The van der Waals surface area contributed by atoms with Crippen molar-refractivity contribution in [3.63, 3.8) is 0 Å². The molecular weight excluding hydrogens is 344 g/mol. The lowest BCUT2D eigenvalue weighted by atomic mass is 9.97. The van der Waals surface area contributed by atoms with Gasteiger partial charge < -0.3 is 5.73 Å². The fourth-order valence-corrected chi connectivity index (χ4v) is 3.80. The van der Waals surface area contributed by atoms with Crippen LogP contribution in [0.5, 0.6) is 0 Å². The smallest absolute Gasteiger partial charge is 0.0496 e. The van der Waals surface area contributed by atoms with Crippen molar-refractivity contribution in [3.8, 4) is 0 Å². The van der Waals surface area contributed by atoms with Crippen molar-refractivity contribution in [2.24, 2.45) is 5.73 Å². The summed E-state index contributed by atoms with van der Waals surface area (Å²) in [6.45, 7) is 4.36. The predicted octanol–water partition coefficient (Wildman–Crippen LogP) is 4.46. The highest BCUT2D eigenvalue weighted by molar-refractivity contribution is 9.10. The van der Waals surface area contributed by atoms with E-state index in [1.165, 1.54) is 10.4 Å². The van der Waals surface area contributed by atoms with Gasteiger partial charge in [0.15, 0.2) is 0 Å². The van der Waals surface area contributed by atoms with Crippen LogP contribution in [-0.2, 0) is 6.42 Å². The zero-order valence-corrected chi connectivity index (χ0v) is 15.2. The molecule has 1 aromatic heterocycles. The van der Waals surface area contributed by atoms with Crippen LogP contribution in [-0.4, -0.2) is 24.0 Å². The molecule has 0 aliphatic heterocycles. The third-order valence-electron chi connectivity index (χ3n) is 3.92. The molecule has 3 atom stereocenters. The molecule has 3 unspecified atom stereocenters. The Labute approximate surface area is 140 Å². The summed E-state index contributed by atoms with van der Waals surface area (Å²) < 4.78 is 1.10. The van der Waals surface area contributed by atoms with E-state index >= 15 is 0 Å². The molecule has 0 fully saturated rings. The van der Waals surface area contributed by atoms with Gasteiger partial charge in [-0.25, -0.2) is 0 Å². The van der Waals surface area contributed by atoms with Crippen LogP contribution in [0.3, 0.4) is 0 Å². The van der Waals surface area contributed by atoms with E-state index in [-0.39, 0.29) is 12.1 Å². The minimum atomic E-state index is 0.0851. The van der Waals surface area contributed by atoms with Gasteiger partial charge >= 0.3 is 0 Å². The number of nitrogens with zero attached hydrogens (tertiary/aromatic N) is 1. The number of hydrogen-bond donors (Lipinski definition) is 1. The molecule has 2 nitrogen and oxygen atoms in total. The summed E-state index contributed by atoms with van der Waals surface area (Å²) in [4.78, 5) is 3.82. The van der Waals surface area contributed by atoms with Crippen LogP contribution in [0.2, 0.25) is 0 Å². The van der Waals surface area contributed by atoms with E-state index in [0.29, 0.717) is 6.04 Å². The molecule has 2 N–H and O–H groups in total. The number of thiophene rings is 1. The van der Waals surface area contributed by atoms with E-state index in [0.717, 1.165) is 10.9 Å². The van der Waals surface area contributed by atoms with Gasteiger partial charge in [-0.3, -0.25) is 4.90 Å². The summed E-state index contributed by atoms with van der Waals surface area (Å²) in [5.74, 6) is 0. The van der Waals surface area contributed by atoms with Crippen LogP contribution < -0.4 is 5.73 Å².